The van der Waals surface area contributed by atoms with E-state index in [9.17, 15) is 4.79 Å². The molecule has 5 heteroatoms. The Kier molecular flexibility index (Phi) is 5.11. The van der Waals surface area contributed by atoms with Gasteiger partial charge in [0.15, 0.2) is 0 Å². The van der Waals surface area contributed by atoms with E-state index in [0.29, 0.717) is 5.75 Å². The van der Waals surface area contributed by atoms with E-state index in [1.165, 1.54) is 6.08 Å². The lowest BCUT2D eigenvalue weighted by atomic mass is 10.1. The Morgan fingerprint density at radius 2 is 2.19 bits per heavy atom. The Labute approximate surface area is 128 Å². The Morgan fingerprint density at radius 3 is 2.86 bits per heavy atom. The summed E-state index contributed by atoms with van der Waals surface area (Å²) >= 11 is 1.54. The predicted octanol–water partition coefficient (Wildman–Crippen LogP) is 3.53. The zero-order valence-electron chi connectivity index (χ0n) is 12.3. The number of aromatic nitrogens is 1. The molecule has 0 fully saturated rings. The largest absolute Gasteiger partial charge is 0.496 e. The first kappa shape index (κ1) is 15.3. The van der Waals surface area contributed by atoms with Crippen molar-refractivity contribution in [3.05, 3.63) is 51.5 Å². The maximum atomic E-state index is 11.7. The van der Waals surface area contributed by atoms with Crippen LogP contribution in [0.25, 0.3) is 6.08 Å². The molecule has 0 aliphatic heterocycles. The SMILES string of the molecule is COc1ccc(C)cc1COC(=O)/C=C/c1csc(C)n1. The van der Waals surface area contributed by atoms with Crippen molar-refractivity contribution in [3.8, 4) is 5.75 Å². The van der Waals surface area contributed by atoms with Crippen molar-refractivity contribution in [2.24, 2.45) is 0 Å². The van der Waals surface area contributed by atoms with E-state index >= 15 is 0 Å². The summed E-state index contributed by atoms with van der Waals surface area (Å²) in [6.45, 7) is 4.09. The fraction of sp³-hybridized carbons (Fsp3) is 0.250. The van der Waals surface area contributed by atoms with E-state index in [2.05, 4.69) is 4.98 Å². The quantitative estimate of drug-likeness (QED) is 0.626. The Bertz CT molecular complexity index is 661. The second kappa shape index (κ2) is 7.04. The summed E-state index contributed by atoms with van der Waals surface area (Å²) in [6, 6.07) is 5.76. The molecule has 0 saturated heterocycles. The third kappa shape index (κ3) is 4.43. The van der Waals surface area contributed by atoms with Gasteiger partial charge in [-0.25, -0.2) is 9.78 Å². The lowest BCUT2D eigenvalue weighted by Crippen LogP contribution is -2.02. The average Bonchev–Trinajstić information content (AvgIpc) is 2.88. The molecule has 0 N–H and O–H groups in total. The summed E-state index contributed by atoms with van der Waals surface area (Å²) in [5.41, 5.74) is 2.71. The van der Waals surface area contributed by atoms with E-state index in [0.717, 1.165) is 21.8 Å². The summed E-state index contributed by atoms with van der Waals surface area (Å²) in [6.07, 6.45) is 3.04. The molecule has 0 spiro atoms. The molecule has 0 aliphatic carbocycles. The number of methoxy groups -OCH3 is 1. The smallest absolute Gasteiger partial charge is 0.331 e. The summed E-state index contributed by atoms with van der Waals surface area (Å²) < 4.78 is 10.5. The number of carbonyl (C=O) groups is 1. The van der Waals surface area contributed by atoms with Gasteiger partial charge in [0.05, 0.1) is 17.8 Å². The minimum absolute atomic E-state index is 0.185. The number of thiazole rings is 1. The van der Waals surface area contributed by atoms with Crippen LogP contribution in [-0.4, -0.2) is 18.1 Å². The van der Waals surface area contributed by atoms with Gasteiger partial charge in [-0.05, 0) is 32.1 Å². The van der Waals surface area contributed by atoms with Gasteiger partial charge in [-0.2, -0.15) is 0 Å². The van der Waals surface area contributed by atoms with Crippen molar-refractivity contribution in [2.75, 3.05) is 7.11 Å². The fourth-order valence-electron chi connectivity index (χ4n) is 1.83. The molecule has 4 nitrogen and oxygen atoms in total. The highest BCUT2D eigenvalue weighted by Gasteiger charge is 2.06. The van der Waals surface area contributed by atoms with E-state index < -0.39 is 5.97 Å². The lowest BCUT2D eigenvalue weighted by molar-refractivity contribution is -0.138. The monoisotopic (exact) mass is 303 g/mol. The molecule has 21 heavy (non-hydrogen) atoms. The molecule has 110 valence electrons. The Hall–Kier alpha value is -2.14. The normalized spacial score (nSPS) is 10.8. The van der Waals surface area contributed by atoms with E-state index in [-0.39, 0.29) is 6.61 Å². The fourth-order valence-corrected chi connectivity index (χ4v) is 2.41. The molecule has 0 bridgehead atoms. The second-order valence-corrected chi connectivity index (χ2v) is 5.61. The molecule has 0 unspecified atom stereocenters. The average molecular weight is 303 g/mol. The first-order valence-electron chi connectivity index (χ1n) is 6.49. The van der Waals surface area contributed by atoms with Gasteiger partial charge in [0.1, 0.15) is 12.4 Å². The van der Waals surface area contributed by atoms with Crippen LogP contribution in [0, 0.1) is 13.8 Å². The molecule has 1 heterocycles. The van der Waals surface area contributed by atoms with Gasteiger partial charge < -0.3 is 9.47 Å². The topological polar surface area (TPSA) is 48.4 Å². The van der Waals surface area contributed by atoms with Gasteiger partial charge in [0, 0.05) is 17.0 Å². The van der Waals surface area contributed by atoms with Crippen LogP contribution in [0.4, 0.5) is 0 Å². The molecule has 2 aromatic rings. The highest BCUT2D eigenvalue weighted by molar-refractivity contribution is 7.09. The standard InChI is InChI=1S/C16H17NO3S/c1-11-4-6-15(19-3)13(8-11)9-20-16(18)7-5-14-10-21-12(2)17-14/h4-8,10H,9H2,1-3H3/b7-5+. The van der Waals surface area contributed by atoms with Crippen molar-refractivity contribution >= 4 is 23.4 Å². The van der Waals surface area contributed by atoms with Gasteiger partial charge >= 0.3 is 5.97 Å². The number of ether oxygens (including phenoxy) is 2. The van der Waals surface area contributed by atoms with Gasteiger partial charge in [0.25, 0.3) is 0 Å². The van der Waals surface area contributed by atoms with Crippen molar-refractivity contribution < 1.29 is 14.3 Å². The molecule has 1 aromatic carbocycles. The van der Waals surface area contributed by atoms with Crippen LogP contribution in [0.2, 0.25) is 0 Å². The van der Waals surface area contributed by atoms with Gasteiger partial charge in [-0.1, -0.05) is 11.6 Å². The van der Waals surface area contributed by atoms with Crippen LogP contribution in [-0.2, 0) is 16.1 Å². The van der Waals surface area contributed by atoms with Crippen molar-refractivity contribution in [1.29, 1.82) is 0 Å². The molecule has 2 rings (SSSR count). The van der Waals surface area contributed by atoms with Crippen LogP contribution in [0.3, 0.4) is 0 Å². The molecule has 0 atom stereocenters. The summed E-state index contributed by atoms with van der Waals surface area (Å²) in [5.74, 6) is 0.316. The minimum Gasteiger partial charge on any atom is -0.496 e. The zero-order chi connectivity index (χ0) is 15.2. The lowest BCUT2D eigenvalue weighted by Gasteiger charge is -2.09. The summed E-state index contributed by atoms with van der Waals surface area (Å²) in [7, 11) is 1.60. The zero-order valence-corrected chi connectivity index (χ0v) is 13.1. The van der Waals surface area contributed by atoms with E-state index in [4.69, 9.17) is 9.47 Å². The third-order valence-corrected chi connectivity index (χ3v) is 3.62. The second-order valence-electron chi connectivity index (χ2n) is 4.55. The molecule has 1 aromatic heterocycles. The van der Waals surface area contributed by atoms with Gasteiger partial charge in [-0.3, -0.25) is 0 Å². The van der Waals surface area contributed by atoms with Gasteiger partial charge in [-0.15, -0.1) is 11.3 Å². The number of aryl methyl sites for hydroxylation is 2. The van der Waals surface area contributed by atoms with E-state index in [1.807, 2.05) is 37.4 Å². The number of carbonyl (C=O) groups excluding carboxylic acids is 1. The minimum atomic E-state index is -0.399. The number of esters is 1. The Balaban J connectivity index is 1.95. The van der Waals surface area contributed by atoms with Crippen LogP contribution < -0.4 is 4.74 Å². The van der Waals surface area contributed by atoms with Crippen molar-refractivity contribution in [1.82, 2.24) is 4.98 Å². The molecular formula is C16H17NO3S. The number of benzene rings is 1. The number of rotatable bonds is 5. The summed E-state index contributed by atoms with van der Waals surface area (Å²) in [5, 5.41) is 2.86. The Morgan fingerprint density at radius 1 is 1.38 bits per heavy atom. The molecule has 0 aliphatic rings. The third-order valence-electron chi connectivity index (χ3n) is 2.83. The molecule has 0 saturated carbocycles. The number of hydrogen-bond donors (Lipinski definition) is 0. The number of hydrogen-bond acceptors (Lipinski definition) is 5. The van der Waals surface area contributed by atoms with Gasteiger partial charge in [0.2, 0.25) is 0 Å². The summed E-state index contributed by atoms with van der Waals surface area (Å²) in [4.78, 5) is 16.0. The first-order valence-corrected chi connectivity index (χ1v) is 7.37. The highest BCUT2D eigenvalue weighted by atomic mass is 32.1. The van der Waals surface area contributed by atoms with Crippen LogP contribution in [0.15, 0.2) is 29.7 Å². The number of nitrogens with zero attached hydrogens (tertiary/aromatic N) is 1. The predicted molar refractivity (Wildman–Crippen MR) is 83.4 cm³/mol. The first-order chi connectivity index (χ1) is 10.1. The maximum Gasteiger partial charge on any atom is 0.331 e. The van der Waals surface area contributed by atoms with Crippen molar-refractivity contribution in [2.45, 2.75) is 20.5 Å². The van der Waals surface area contributed by atoms with Crippen molar-refractivity contribution in [3.63, 3.8) is 0 Å². The molecule has 0 radical (unpaired) electrons. The maximum absolute atomic E-state index is 11.7. The molecule has 0 amide bonds. The van der Waals surface area contributed by atoms with Crippen LogP contribution >= 0.6 is 11.3 Å². The van der Waals surface area contributed by atoms with Crippen LogP contribution in [0.5, 0.6) is 5.75 Å². The molecular weight excluding hydrogens is 286 g/mol. The highest BCUT2D eigenvalue weighted by Crippen LogP contribution is 2.20. The van der Waals surface area contributed by atoms with Crippen LogP contribution in [0.1, 0.15) is 21.8 Å². The van der Waals surface area contributed by atoms with E-state index in [1.54, 1.807) is 24.5 Å².